The zero-order valence-corrected chi connectivity index (χ0v) is 9.79. The highest BCUT2D eigenvalue weighted by Crippen LogP contribution is 2.21. The minimum atomic E-state index is -3.58. The first-order chi connectivity index (χ1) is 7.28. The third-order valence-corrected chi connectivity index (χ3v) is 2.36. The topological polar surface area (TPSA) is 86.5 Å². The molecule has 88 valence electrons. The number of halogens is 1. The average molecular weight is 266 g/mol. The summed E-state index contributed by atoms with van der Waals surface area (Å²) in [6.45, 7) is -0.278. The summed E-state index contributed by atoms with van der Waals surface area (Å²) in [4.78, 5) is 9.88. The maximum Gasteiger partial charge on any atom is 0.271 e. The normalized spacial score (nSPS) is 11.4. The van der Waals surface area contributed by atoms with Crippen LogP contribution in [0.3, 0.4) is 0 Å². The van der Waals surface area contributed by atoms with E-state index in [1.165, 1.54) is 18.2 Å². The molecule has 0 aliphatic heterocycles. The molecule has 8 heteroatoms. The van der Waals surface area contributed by atoms with Gasteiger partial charge in [-0.05, 0) is 11.6 Å². The lowest BCUT2D eigenvalue weighted by atomic mass is 10.2. The summed E-state index contributed by atoms with van der Waals surface area (Å²) in [7, 11) is -3.58. The van der Waals surface area contributed by atoms with E-state index < -0.39 is 15.0 Å². The zero-order chi connectivity index (χ0) is 12.3. The highest BCUT2D eigenvalue weighted by molar-refractivity contribution is 7.85. The Labute approximate surface area is 97.1 Å². The molecule has 0 saturated heterocycles. The van der Waals surface area contributed by atoms with Crippen molar-refractivity contribution in [2.75, 3.05) is 6.26 Å². The van der Waals surface area contributed by atoms with E-state index in [9.17, 15) is 18.5 Å². The number of benzene rings is 1. The van der Waals surface area contributed by atoms with Crippen molar-refractivity contribution >= 4 is 27.4 Å². The molecule has 0 spiro atoms. The molecule has 0 bridgehead atoms. The molecular weight excluding hydrogens is 258 g/mol. The third kappa shape index (κ3) is 4.13. The van der Waals surface area contributed by atoms with Crippen molar-refractivity contribution < 1.29 is 17.5 Å². The summed E-state index contributed by atoms with van der Waals surface area (Å²) in [6, 6.07) is 3.78. The van der Waals surface area contributed by atoms with Gasteiger partial charge in [0.05, 0.1) is 17.8 Å². The first-order valence-corrected chi connectivity index (χ1v) is 6.25. The standard InChI is InChI=1S/C8H8ClNO5S/c1-16(13,14)15-5-6-2-7(9)4-8(3-6)10(11)12/h2-4H,5H2,1H3. The van der Waals surface area contributed by atoms with Crippen LogP contribution in [0.5, 0.6) is 0 Å². The summed E-state index contributed by atoms with van der Waals surface area (Å²) in [5.41, 5.74) is 0.115. The fourth-order valence-electron chi connectivity index (χ4n) is 0.997. The van der Waals surface area contributed by atoms with Crippen molar-refractivity contribution in [1.82, 2.24) is 0 Å². The summed E-state index contributed by atoms with van der Waals surface area (Å²) in [5.74, 6) is 0. The molecule has 0 heterocycles. The van der Waals surface area contributed by atoms with Crippen LogP contribution >= 0.6 is 11.6 Å². The Morgan fingerprint density at radius 1 is 1.44 bits per heavy atom. The lowest BCUT2D eigenvalue weighted by Gasteiger charge is -2.02. The summed E-state index contributed by atoms with van der Waals surface area (Å²) in [5, 5.41) is 10.6. The third-order valence-electron chi connectivity index (χ3n) is 1.59. The van der Waals surface area contributed by atoms with Gasteiger partial charge in [-0.2, -0.15) is 8.42 Å². The molecule has 0 aromatic heterocycles. The van der Waals surface area contributed by atoms with Crippen LogP contribution in [-0.4, -0.2) is 19.6 Å². The van der Waals surface area contributed by atoms with Gasteiger partial charge in [-0.15, -0.1) is 0 Å². The van der Waals surface area contributed by atoms with Crippen LogP contribution in [0.25, 0.3) is 0 Å². The summed E-state index contributed by atoms with van der Waals surface area (Å²) >= 11 is 5.63. The second kappa shape index (κ2) is 4.77. The Kier molecular flexibility index (Phi) is 3.84. The Morgan fingerprint density at radius 2 is 2.06 bits per heavy atom. The van der Waals surface area contributed by atoms with Crippen molar-refractivity contribution in [3.05, 3.63) is 38.9 Å². The quantitative estimate of drug-likeness (QED) is 0.470. The van der Waals surface area contributed by atoms with Crippen LogP contribution in [0.15, 0.2) is 18.2 Å². The fraction of sp³-hybridized carbons (Fsp3) is 0.250. The highest BCUT2D eigenvalue weighted by Gasteiger charge is 2.10. The van der Waals surface area contributed by atoms with E-state index >= 15 is 0 Å². The first-order valence-electron chi connectivity index (χ1n) is 4.06. The lowest BCUT2D eigenvalue weighted by molar-refractivity contribution is -0.384. The SMILES string of the molecule is CS(=O)(=O)OCc1cc(Cl)cc([N+](=O)[O-])c1. The van der Waals surface area contributed by atoms with E-state index in [2.05, 4.69) is 4.18 Å². The number of rotatable bonds is 4. The van der Waals surface area contributed by atoms with Gasteiger partial charge in [0.15, 0.2) is 0 Å². The molecule has 0 unspecified atom stereocenters. The summed E-state index contributed by atoms with van der Waals surface area (Å²) < 4.78 is 25.9. The molecule has 16 heavy (non-hydrogen) atoms. The fourth-order valence-corrected chi connectivity index (χ4v) is 1.60. The minimum absolute atomic E-state index is 0.154. The minimum Gasteiger partial charge on any atom is -0.265 e. The molecule has 1 aromatic carbocycles. The number of nitro benzene ring substituents is 1. The Balaban J connectivity index is 2.93. The van der Waals surface area contributed by atoms with Gasteiger partial charge in [0.25, 0.3) is 15.8 Å². The smallest absolute Gasteiger partial charge is 0.265 e. The molecule has 0 radical (unpaired) electrons. The van der Waals surface area contributed by atoms with Crippen molar-refractivity contribution in [2.24, 2.45) is 0 Å². The number of non-ortho nitro benzene ring substituents is 1. The average Bonchev–Trinajstić information content (AvgIpc) is 2.13. The zero-order valence-electron chi connectivity index (χ0n) is 8.21. The van der Waals surface area contributed by atoms with Gasteiger partial charge in [-0.3, -0.25) is 14.3 Å². The van der Waals surface area contributed by atoms with Gasteiger partial charge in [-0.25, -0.2) is 0 Å². The van der Waals surface area contributed by atoms with Gasteiger partial charge in [0.2, 0.25) is 0 Å². The van der Waals surface area contributed by atoms with Gasteiger partial charge in [0, 0.05) is 17.2 Å². The Bertz CT molecular complexity index is 513. The monoisotopic (exact) mass is 265 g/mol. The molecule has 0 atom stereocenters. The molecule has 0 amide bonds. The maximum absolute atomic E-state index is 10.7. The second-order valence-electron chi connectivity index (χ2n) is 3.04. The predicted octanol–water partition coefficient (Wildman–Crippen LogP) is 1.72. The van der Waals surface area contributed by atoms with Crippen LogP contribution in [0.4, 0.5) is 5.69 Å². The molecule has 6 nitrogen and oxygen atoms in total. The molecule has 1 aromatic rings. The van der Waals surface area contributed by atoms with Gasteiger partial charge >= 0.3 is 0 Å². The van der Waals surface area contributed by atoms with Gasteiger partial charge in [0.1, 0.15) is 0 Å². The van der Waals surface area contributed by atoms with E-state index in [1.54, 1.807) is 0 Å². The van der Waals surface area contributed by atoms with Crippen molar-refractivity contribution in [3.8, 4) is 0 Å². The molecule has 0 saturated carbocycles. The van der Waals surface area contributed by atoms with E-state index in [1.807, 2.05) is 0 Å². The summed E-state index contributed by atoms with van der Waals surface area (Å²) in [6.07, 6.45) is 0.895. The number of nitrogens with zero attached hydrogens (tertiary/aromatic N) is 1. The lowest BCUT2D eigenvalue weighted by Crippen LogP contribution is -2.03. The van der Waals surface area contributed by atoms with Gasteiger partial charge in [-0.1, -0.05) is 11.6 Å². The molecule has 1 rings (SSSR count). The van der Waals surface area contributed by atoms with E-state index in [0.717, 1.165) is 6.26 Å². The van der Waals surface area contributed by atoms with E-state index in [-0.39, 0.29) is 17.3 Å². The van der Waals surface area contributed by atoms with E-state index in [4.69, 9.17) is 11.6 Å². The van der Waals surface area contributed by atoms with Crippen LogP contribution in [0.1, 0.15) is 5.56 Å². The van der Waals surface area contributed by atoms with Crippen LogP contribution < -0.4 is 0 Å². The number of hydrogen-bond acceptors (Lipinski definition) is 5. The number of hydrogen-bond donors (Lipinski definition) is 0. The van der Waals surface area contributed by atoms with Crippen molar-refractivity contribution in [1.29, 1.82) is 0 Å². The Hall–Kier alpha value is -1.18. The largest absolute Gasteiger partial charge is 0.271 e. The van der Waals surface area contributed by atoms with Crippen LogP contribution in [-0.2, 0) is 20.9 Å². The first kappa shape index (κ1) is 12.9. The highest BCUT2D eigenvalue weighted by atomic mass is 35.5. The van der Waals surface area contributed by atoms with Crippen molar-refractivity contribution in [3.63, 3.8) is 0 Å². The number of nitro groups is 1. The molecule has 0 fully saturated rings. The molecule has 0 aliphatic rings. The Morgan fingerprint density at radius 3 is 2.56 bits per heavy atom. The van der Waals surface area contributed by atoms with Crippen molar-refractivity contribution in [2.45, 2.75) is 6.61 Å². The second-order valence-corrected chi connectivity index (χ2v) is 5.12. The van der Waals surface area contributed by atoms with Gasteiger partial charge < -0.3 is 0 Å². The molecule has 0 N–H and O–H groups in total. The molecule has 0 aliphatic carbocycles. The van der Waals surface area contributed by atoms with Crippen LogP contribution in [0.2, 0.25) is 5.02 Å². The van der Waals surface area contributed by atoms with Crippen LogP contribution in [0, 0.1) is 10.1 Å². The maximum atomic E-state index is 10.7. The predicted molar refractivity (Wildman–Crippen MR) is 57.7 cm³/mol. The molecular formula is C8H8ClNO5S. The van der Waals surface area contributed by atoms with E-state index in [0.29, 0.717) is 5.56 Å².